The second-order valence-electron chi connectivity index (χ2n) is 3.81. The van der Waals surface area contributed by atoms with Gasteiger partial charge in [0.2, 0.25) is 5.91 Å². The molecule has 0 aromatic carbocycles. The van der Waals surface area contributed by atoms with Crippen molar-refractivity contribution in [3.05, 3.63) is 0 Å². The smallest absolute Gasteiger partial charge is 0.234 e. The summed E-state index contributed by atoms with van der Waals surface area (Å²) in [6, 6.07) is 0. The van der Waals surface area contributed by atoms with Gasteiger partial charge in [-0.1, -0.05) is 5.92 Å². The molecule has 0 spiro atoms. The number of terminal acetylenes is 1. The molecule has 4 nitrogen and oxygen atoms in total. The number of rotatable bonds is 5. The fourth-order valence-corrected chi connectivity index (χ4v) is 1.65. The van der Waals surface area contributed by atoms with Gasteiger partial charge in [-0.25, -0.2) is 0 Å². The summed E-state index contributed by atoms with van der Waals surface area (Å²) in [5.41, 5.74) is 0. The molecule has 0 aromatic heterocycles. The molecule has 1 aliphatic heterocycles. The minimum Gasteiger partial charge on any atom is -0.377 e. The maximum absolute atomic E-state index is 11.3. The Hall–Kier alpha value is -1.05. The zero-order valence-corrected chi connectivity index (χ0v) is 9.16. The van der Waals surface area contributed by atoms with E-state index in [-0.39, 0.29) is 12.0 Å². The highest BCUT2D eigenvalue weighted by Gasteiger charge is 2.18. The molecule has 0 radical (unpaired) electrons. The summed E-state index contributed by atoms with van der Waals surface area (Å²) < 4.78 is 5.48. The van der Waals surface area contributed by atoms with Gasteiger partial charge in [-0.2, -0.15) is 0 Å². The Morgan fingerprint density at radius 3 is 3.13 bits per heavy atom. The summed E-state index contributed by atoms with van der Waals surface area (Å²) in [5.74, 6) is 2.34. The van der Waals surface area contributed by atoms with E-state index in [0.717, 1.165) is 26.0 Å². The lowest BCUT2D eigenvalue weighted by Gasteiger charge is -2.19. The fourth-order valence-electron chi connectivity index (χ4n) is 1.65. The number of likely N-dealkylation sites (N-methyl/N-ethyl adjacent to an activating group) is 1. The van der Waals surface area contributed by atoms with E-state index in [1.54, 1.807) is 0 Å². The minimum atomic E-state index is -0.0338. The van der Waals surface area contributed by atoms with Gasteiger partial charge >= 0.3 is 0 Å². The van der Waals surface area contributed by atoms with Crippen molar-refractivity contribution in [1.82, 2.24) is 10.2 Å². The van der Waals surface area contributed by atoms with Crippen molar-refractivity contribution >= 4 is 5.91 Å². The lowest BCUT2D eigenvalue weighted by Crippen LogP contribution is -2.38. The summed E-state index contributed by atoms with van der Waals surface area (Å²) in [6.45, 7) is 2.33. The molecule has 1 atom stereocenters. The average Bonchev–Trinajstić information content (AvgIpc) is 2.67. The number of hydrogen-bond donors (Lipinski definition) is 1. The first-order chi connectivity index (χ1) is 7.22. The maximum Gasteiger partial charge on any atom is 0.234 e. The van der Waals surface area contributed by atoms with E-state index in [1.807, 2.05) is 11.9 Å². The van der Waals surface area contributed by atoms with Gasteiger partial charge in [-0.3, -0.25) is 9.69 Å². The molecule has 1 heterocycles. The van der Waals surface area contributed by atoms with Crippen molar-refractivity contribution in [3.8, 4) is 12.3 Å². The van der Waals surface area contributed by atoms with Crippen LogP contribution in [0.5, 0.6) is 0 Å². The first-order valence-electron chi connectivity index (χ1n) is 5.22. The van der Waals surface area contributed by atoms with E-state index in [2.05, 4.69) is 11.2 Å². The van der Waals surface area contributed by atoms with E-state index < -0.39 is 0 Å². The third-order valence-electron chi connectivity index (χ3n) is 2.34. The summed E-state index contributed by atoms with van der Waals surface area (Å²) in [7, 11) is 1.91. The normalized spacial score (nSPS) is 20.2. The van der Waals surface area contributed by atoms with Crippen molar-refractivity contribution in [1.29, 1.82) is 0 Å². The van der Waals surface area contributed by atoms with E-state index >= 15 is 0 Å². The van der Waals surface area contributed by atoms with Crippen LogP contribution in [0.1, 0.15) is 12.8 Å². The number of carbonyl (C=O) groups excluding carboxylic acids is 1. The molecule has 1 saturated heterocycles. The molecule has 0 aliphatic carbocycles. The van der Waals surface area contributed by atoms with Crippen LogP contribution in [0, 0.1) is 12.3 Å². The highest BCUT2D eigenvalue weighted by Crippen LogP contribution is 2.12. The van der Waals surface area contributed by atoms with E-state index in [1.165, 1.54) is 0 Å². The molecule has 0 bridgehead atoms. The molecular weight excluding hydrogens is 192 g/mol. The number of amides is 1. The largest absolute Gasteiger partial charge is 0.377 e. The van der Waals surface area contributed by atoms with Gasteiger partial charge in [0, 0.05) is 13.2 Å². The summed E-state index contributed by atoms with van der Waals surface area (Å²) in [5, 5.41) is 2.63. The highest BCUT2D eigenvalue weighted by atomic mass is 16.5. The average molecular weight is 210 g/mol. The quantitative estimate of drug-likeness (QED) is 0.641. The van der Waals surface area contributed by atoms with Crippen molar-refractivity contribution in [2.45, 2.75) is 18.9 Å². The van der Waals surface area contributed by atoms with Crippen LogP contribution in [0.3, 0.4) is 0 Å². The van der Waals surface area contributed by atoms with Crippen LogP contribution in [-0.2, 0) is 9.53 Å². The summed E-state index contributed by atoms with van der Waals surface area (Å²) in [4.78, 5) is 13.3. The monoisotopic (exact) mass is 210 g/mol. The Labute approximate surface area is 91.0 Å². The molecule has 1 rings (SSSR count). The Morgan fingerprint density at radius 2 is 2.53 bits per heavy atom. The van der Waals surface area contributed by atoms with Gasteiger partial charge in [0.15, 0.2) is 0 Å². The molecule has 1 unspecified atom stereocenters. The SMILES string of the molecule is C#CCNC(=O)CN(C)CC1CCCO1. The molecule has 1 amide bonds. The minimum absolute atomic E-state index is 0.0338. The summed E-state index contributed by atoms with van der Waals surface area (Å²) >= 11 is 0. The lowest BCUT2D eigenvalue weighted by molar-refractivity contribution is -0.121. The van der Waals surface area contributed by atoms with Crippen LogP contribution < -0.4 is 5.32 Å². The first kappa shape index (κ1) is 12.0. The van der Waals surface area contributed by atoms with Gasteiger partial charge in [-0.15, -0.1) is 6.42 Å². The zero-order valence-electron chi connectivity index (χ0n) is 9.16. The third-order valence-corrected chi connectivity index (χ3v) is 2.34. The van der Waals surface area contributed by atoms with Crippen LogP contribution >= 0.6 is 0 Å². The Morgan fingerprint density at radius 1 is 1.73 bits per heavy atom. The maximum atomic E-state index is 11.3. The van der Waals surface area contributed by atoms with Crippen molar-refractivity contribution in [3.63, 3.8) is 0 Å². The standard InChI is InChI=1S/C11H18N2O2/c1-3-6-12-11(14)9-13(2)8-10-5-4-7-15-10/h1,10H,4-9H2,2H3,(H,12,14). The predicted octanol–water partition coefficient (Wildman–Crippen LogP) is -0.153. The van der Waals surface area contributed by atoms with Gasteiger partial charge in [0.1, 0.15) is 0 Å². The summed E-state index contributed by atoms with van der Waals surface area (Å²) in [6.07, 6.45) is 7.55. The van der Waals surface area contributed by atoms with Crippen LogP contribution in [0.15, 0.2) is 0 Å². The van der Waals surface area contributed by atoms with Crippen molar-refractivity contribution < 1.29 is 9.53 Å². The molecule has 0 saturated carbocycles. The lowest BCUT2D eigenvalue weighted by atomic mass is 10.2. The van der Waals surface area contributed by atoms with Gasteiger partial charge in [0.25, 0.3) is 0 Å². The second-order valence-corrected chi connectivity index (χ2v) is 3.81. The van der Waals surface area contributed by atoms with Crippen molar-refractivity contribution in [2.24, 2.45) is 0 Å². The van der Waals surface area contributed by atoms with E-state index in [0.29, 0.717) is 13.1 Å². The first-order valence-corrected chi connectivity index (χ1v) is 5.22. The highest BCUT2D eigenvalue weighted by molar-refractivity contribution is 5.78. The number of ether oxygens (including phenoxy) is 1. The van der Waals surface area contributed by atoms with Crippen LogP contribution in [0.2, 0.25) is 0 Å². The van der Waals surface area contributed by atoms with Crippen LogP contribution in [0.4, 0.5) is 0 Å². The molecule has 1 aliphatic rings. The van der Waals surface area contributed by atoms with Crippen molar-refractivity contribution in [2.75, 3.05) is 33.3 Å². The van der Waals surface area contributed by atoms with E-state index in [4.69, 9.17) is 11.2 Å². The fraction of sp³-hybridized carbons (Fsp3) is 0.727. The Kier molecular flexibility index (Phi) is 5.16. The molecule has 4 heteroatoms. The van der Waals surface area contributed by atoms with E-state index in [9.17, 15) is 4.79 Å². The number of nitrogens with one attached hydrogen (secondary N) is 1. The molecule has 1 fully saturated rings. The Balaban J connectivity index is 2.14. The van der Waals surface area contributed by atoms with Crippen LogP contribution in [0.25, 0.3) is 0 Å². The predicted molar refractivity (Wildman–Crippen MR) is 58.3 cm³/mol. The molecule has 1 N–H and O–H groups in total. The van der Waals surface area contributed by atoms with Gasteiger partial charge in [-0.05, 0) is 19.9 Å². The van der Waals surface area contributed by atoms with Crippen LogP contribution in [-0.4, -0.2) is 50.2 Å². The van der Waals surface area contributed by atoms with Gasteiger partial charge in [0.05, 0.1) is 19.2 Å². The number of carbonyl (C=O) groups is 1. The number of hydrogen-bond acceptors (Lipinski definition) is 3. The zero-order chi connectivity index (χ0) is 11.1. The topological polar surface area (TPSA) is 41.6 Å². The Bertz CT molecular complexity index is 241. The van der Waals surface area contributed by atoms with Gasteiger partial charge < -0.3 is 10.1 Å². The molecular formula is C11H18N2O2. The molecule has 0 aromatic rings. The third kappa shape index (κ3) is 4.82. The molecule has 84 valence electrons. The number of nitrogens with zero attached hydrogens (tertiary/aromatic N) is 1. The molecule has 15 heavy (non-hydrogen) atoms. The second kappa shape index (κ2) is 6.44.